The number of dihydropyridines is 1. The summed E-state index contributed by atoms with van der Waals surface area (Å²) >= 11 is 0. The third-order valence-corrected chi connectivity index (χ3v) is 6.55. The van der Waals surface area contributed by atoms with Crippen molar-refractivity contribution in [2.75, 3.05) is 13.1 Å². The molecule has 31 heavy (non-hydrogen) atoms. The predicted octanol–water partition coefficient (Wildman–Crippen LogP) is 4.21. The molecular formula is C24H29N3O4. The zero-order chi connectivity index (χ0) is 22.3. The first-order chi connectivity index (χ1) is 14.7. The van der Waals surface area contributed by atoms with E-state index < -0.39 is 10.8 Å². The van der Waals surface area contributed by atoms with Gasteiger partial charge in [-0.1, -0.05) is 26.0 Å². The number of ketones is 1. The van der Waals surface area contributed by atoms with Gasteiger partial charge in [0.25, 0.3) is 11.6 Å². The number of non-ortho nitro benzene ring substituents is 1. The van der Waals surface area contributed by atoms with Gasteiger partial charge in [-0.3, -0.25) is 19.7 Å². The lowest BCUT2D eigenvalue weighted by molar-refractivity contribution is -0.384. The van der Waals surface area contributed by atoms with E-state index in [0.29, 0.717) is 17.6 Å². The van der Waals surface area contributed by atoms with Crippen LogP contribution in [0.3, 0.4) is 0 Å². The summed E-state index contributed by atoms with van der Waals surface area (Å²) in [6.45, 7) is 7.48. The summed E-state index contributed by atoms with van der Waals surface area (Å²) < 4.78 is 0. The van der Waals surface area contributed by atoms with Gasteiger partial charge in [-0.05, 0) is 43.6 Å². The molecule has 164 valence electrons. The van der Waals surface area contributed by atoms with E-state index in [0.717, 1.165) is 55.7 Å². The van der Waals surface area contributed by atoms with E-state index in [9.17, 15) is 19.7 Å². The molecule has 7 nitrogen and oxygen atoms in total. The van der Waals surface area contributed by atoms with E-state index in [1.165, 1.54) is 12.1 Å². The van der Waals surface area contributed by atoms with Crippen LogP contribution in [-0.4, -0.2) is 34.6 Å². The number of benzene rings is 1. The van der Waals surface area contributed by atoms with Gasteiger partial charge in [-0.2, -0.15) is 0 Å². The van der Waals surface area contributed by atoms with Crippen molar-refractivity contribution < 1.29 is 14.5 Å². The van der Waals surface area contributed by atoms with Crippen LogP contribution in [0.1, 0.15) is 64.4 Å². The van der Waals surface area contributed by atoms with Crippen LogP contribution in [0, 0.1) is 15.5 Å². The van der Waals surface area contributed by atoms with Crippen LogP contribution in [-0.2, 0) is 9.59 Å². The van der Waals surface area contributed by atoms with Crippen LogP contribution in [0.4, 0.5) is 5.69 Å². The summed E-state index contributed by atoms with van der Waals surface area (Å²) in [5.74, 6) is -0.508. The standard InChI is InChI=1S/C24H29N3O4/c1-15-20(23(29)26-11-5-4-6-12-26)21(16-7-9-17(10-8-16)27(30)31)22-18(25-15)13-24(2,3)14-19(22)28/h7-10,21,25H,4-6,11-14H2,1-3H3. The Balaban J connectivity index is 1.82. The molecule has 1 aromatic rings. The summed E-state index contributed by atoms with van der Waals surface area (Å²) in [6, 6.07) is 6.27. The molecule has 2 heterocycles. The zero-order valence-corrected chi connectivity index (χ0v) is 18.4. The highest BCUT2D eigenvalue weighted by atomic mass is 16.6. The number of amides is 1. The monoisotopic (exact) mass is 423 g/mol. The van der Waals surface area contributed by atoms with Crippen molar-refractivity contribution in [3.8, 4) is 0 Å². The highest BCUT2D eigenvalue weighted by Gasteiger charge is 2.43. The molecule has 1 saturated heterocycles. The quantitative estimate of drug-likeness (QED) is 0.581. The number of carbonyl (C=O) groups excluding carboxylic acids is 2. The molecule has 0 bridgehead atoms. The smallest absolute Gasteiger partial charge is 0.269 e. The lowest BCUT2D eigenvalue weighted by atomic mass is 9.68. The number of nitro benzene ring substituents is 1. The van der Waals surface area contributed by atoms with Crippen LogP contribution in [0.2, 0.25) is 0 Å². The maximum Gasteiger partial charge on any atom is 0.269 e. The van der Waals surface area contributed by atoms with Gasteiger partial charge >= 0.3 is 0 Å². The van der Waals surface area contributed by atoms with Crippen molar-refractivity contribution in [1.29, 1.82) is 0 Å². The van der Waals surface area contributed by atoms with Gasteiger partial charge in [-0.15, -0.1) is 0 Å². The molecule has 1 aromatic carbocycles. The molecule has 1 unspecified atom stereocenters. The van der Waals surface area contributed by atoms with Gasteiger partial charge < -0.3 is 10.2 Å². The molecule has 1 fully saturated rings. The first-order valence-electron chi connectivity index (χ1n) is 11.0. The average molecular weight is 424 g/mol. The maximum absolute atomic E-state index is 13.6. The van der Waals surface area contributed by atoms with E-state index in [4.69, 9.17) is 0 Å². The summed E-state index contributed by atoms with van der Waals surface area (Å²) in [5.41, 5.74) is 3.44. The Morgan fingerprint density at radius 2 is 1.77 bits per heavy atom. The van der Waals surface area contributed by atoms with E-state index in [1.54, 1.807) is 12.1 Å². The number of nitro groups is 1. The van der Waals surface area contributed by atoms with E-state index in [1.807, 2.05) is 11.8 Å². The molecule has 2 aliphatic heterocycles. The number of piperidine rings is 1. The average Bonchev–Trinajstić information content (AvgIpc) is 2.72. The highest BCUT2D eigenvalue weighted by Crippen LogP contribution is 2.47. The highest BCUT2D eigenvalue weighted by molar-refractivity contribution is 6.05. The minimum absolute atomic E-state index is 0.00685. The molecule has 0 aromatic heterocycles. The minimum Gasteiger partial charge on any atom is -0.362 e. The number of Topliss-reactive ketones (excluding diaryl/α,β-unsaturated/α-hetero) is 1. The summed E-state index contributed by atoms with van der Waals surface area (Å²) in [6.07, 6.45) is 4.22. The molecule has 0 spiro atoms. The van der Waals surface area contributed by atoms with Gasteiger partial charge in [0, 0.05) is 60.1 Å². The Bertz CT molecular complexity index is 998. The van der Waals surface area contributed by atoms with Crippen molar-refractivity contribution in [3.63, 3.8) is 0 Å². The van der Waals surface area contributed by atoms with Crippen molar-refractivity contribution in [1.82, 2.24) is 10.2 Å². The van der Waals surface area contributed by atoms with Crippen LogP contribution >= 0.6 is 0 Å². The van der Waals surface area contributed by atoms with E-state index >= 15 is 0 Å². The second-order valence-electron chi connectivity index (χ2n) is 9.63. The Hall–Kier alpha value is -2.96. The second-order valence-corrected chi connectivity index (χ2v) is 9.63. The molecule has 3 aliphatic rings. The molecule has 1 aliphatic carbocycles. The first-order valence-corrected chi connectivity index (χ1v) is 11.0. The van der Waals surface area contributed by atoms with Crippen LogP contribution in [0.5, 0.6) is 0 Å². The van der Waals surface area contributed by atoms with Crippen LogP contribution in [0.25, 0.3) is 0 Å². The molecule has 1 atom stereocenters. The van der Waals surface area contributed by atoms with Gasteiger partial charge in [0.05, 0.1) is 4.92 Å². The molecule has 0 radical (unpaired) electrons. The normalized spacial score (nSPS) is 23.4. The molecule has 4 rings (SSSR count). The number of allylic oxidation sites excluding steroid dienone is 3. The van der Waals surface area contributed by atoms with Gasteiger partial charge in [0.15, 0.2) is 5.78 Å². The van der Waals surface area contributed by atoms with Crippen molar-refractivity contribution >= 4 is 17.4 Å². The minimum atomic E-state index is -0.505. The number of likely N-dealkylation sites (tertiary alicyclic amines) is 1. The molecule has 1 N–H and O–H groups in total. The Morgan fingerprint density at radius 1 is 1.13 bits per heavy atom. The van der Waals surface area contributed by atoms with Crippen molar-refractivity contribution in [2.45, 2.75) is 58.8 Å². The fraction of sp³-hybridized carbons (Fsp3) is 0.500. The summed E-state index contributed by atoms with van der Waals surface area (Å²) in [7, 11) is 0. The molecule has 0 saturated carbocycles. The van der Waals surface area contributed by atoms with E-state index in [2.05, 4.69) is 19.2 Å². The lowest BCUT2D eigenvalue weighted by Crippen LogP contribution is -2.43. The molecule has 7 heteroatoms. The van der Waals surface area contributed by atoms with Gasteiger partial charge in [0.1, 0.15) is 0 Å². The zero-order valence-electron chi connectivity index (χ0n) is 18.4. The Kier molecular flexibility index (Phi) is 5.45. The number of carbonyl (C=O) groups is 2. The number of nitrogens with zero attached hydrogens (tertiary/aromatic N) is 2. The first kappa shape index (κ1) is 21.3. The van der Waals surface area contributed by atoms with Crippen molar-refractivity contribution in [3.05, 3.63) is 62.5 Å². The van der Waals surface area contributed by atoms with Gasteiger partial charge in [0.2, 0.25) is 0 Å². The summed E-state index contributed by atoms with van der Waals surface area (Å²) in [5, 5.41) is 14.5. The Labute approximate surface area is 182 Å². The van der Waals surface area contributed by atoms with Gasteiger partial charge in [-0.25, -0.2) is 0 Å². The predicted molar refractivity (Wildman–Crippen MR) is 117 cm³/mol. The number of nitrogens with one attached hydrogen (secondary N) is 1. The second kappa shape index (κ2) is 7.94. The van der Waals surface area contributed by atoms with Crippen LogP contribution in [0.15, 0.2) is 46.8 Å². The Morgan fingerprint density at radius 3 is 2.39 bits per heavy atom. The third kappa shape index (κ3) is 4.01. The number of rotatable bonds is 3. The van der Waals surface area contributed by atoms with Crippen molar-refractivity contribution in [2.24, 2.45) is 5.41 Å². The lowest BCUT2D eigenvalue weighted by Gasteiger charge is -2.41. The number of hydrogen-bond donors (Lipinski definition) is 1. The van der Waals surface area contributed by atoms with Crippen LogP contribution < -0.4 is 5.32 Å². The maximum atomic E-state index is 13.6. The van der Waals surface area contributed by atoms with E-state index in [-0.39, 0.29) is 22.8 Å². The largest absolute Gasteiger partial charge is 0.362 e. The summed E-state index contributed by atoms with van der Waals surface area (Å²) in [4.78, 5) is 39.5. The number of hydrogen-bond acceptors (Lipinski definition) is 5. The third-order valence-electron chi connectivity index (χ3n) is 6.55. The SMILES string of the molecule is CC1=C(C(=O)N2CCCCC2)C(c2ccc([N+](=O)[O-])cc2)C2=C(CC(C)(C)CC2=O)N1. The molecular weight excluding hydrogens is 394 g/mol. The fourth-order valence-corrected chi connectivity index (χ4v) is 5.11. The topological polar surface area (TPSA) is 92.6 Å². The molecule has 1 amide bonds. The fourth-order valence-electron chi connectivity index (χ4n) is 5.11.